The van der Waals surface area contributed by atoms with Gasteiger partial charge in [-0.3, -0.25) is 9.69 Å². The normalized spacial score (nSPS) is 20.3. The molecule has 19 heavy (non-hydrogen) atoms. The molecular weight excluding hydrogens is 238 g/mol. The van der Waals surface area contributed by atoms with Crippen molar-refractivity contribution in [1.29, 1.82) is 0 Å². The number of amides is 1. The summed E-state index contributed by atoms with van der Waals surface area (Å²) in [5.41, 5.74) is 5.67. The number of piperazine rings is 1. The van der Waals surface area contributed by atoms with E-state index in [1.165, 1.54) is 0 Å². The fourth-order valence-corrected chi connectivity index (χ4v) is 3.01. The van der Waals surface area contributed by atoms with Gasteiger partial charge in [0.15, 0.2) is 0 Å². The lowest BCUT2D eigenvalue weighted by Crippen LogP contribution is -2.53. The van der Waals surface area contributed by atoms with E-state index in [4.69, 9.17) is 5.73 Å². The van der Waals surface area contributed by atoms with E-state index in [0.29, 0.717) is 11.9 Å². The van der Waals surface area contributed by atoms with Gasteiger partial charge >= 0.3 is 0 Å². The molecule has 0 aliphatic carbocycles. The van der Waals surface area contributed by atoms with E-state index in [1.807, 2.05) is 4.90 Å². The Labute approximate surface area is 118 Å². The first-order valence-corrected chi connectivity index (χ1v) is 7.86. The standard InChI is InChI=1S/C15H31N3O/c1-4-6-13(3)15(19)18-11-9-17(10-12-18)14(5-2)7-8-16/h13-14H,4-12,16H2,1-3H3. The van der Waals surface area contributed by atoms with Gasteiger partial charge in [-0.2, -0.15) is 0 Å². The van der Waals surface area contributed by atoms with Crippen molar-refractivity contribution in [3.05, 3.63) is 0 Å². The van der Waals surface area contributed by atoms with Crippen LogP contribution in [0.2, 0.25) is 0 Å². The number of hydrogen-bond acceptors (Lipinski definition) is 3. The highest BCUT2D eigenvalue weighted by atomic mass is 16.2. The third-order valence-electron chi connectivity index (χ3n) is 4.26. The summed E-state index contributed by atoms with van der Waals surface area (Å²) in [7, 11) is 0. The Morgan fingerprint density at radius 3 is 2.26 bits per heavy atom. The maximum absolute atomic E-state index is 12.2. The Bertz CT molecular complexity index is 262. The summed E-state index contributed by atoms with van der Waals surface area (Å²) in [5, 5.41) is 0. The second-order valence-corrected chi connectivity index (χ2v) is 5.69. The van der Waals surface area contributed by atoms with Gasteiger partial charge in [0.2, 0.25) is 5.91 Å². The average Bonchev–Trinajstić information content (AvgIpc) is 2.44. The summed E-state index contributed by atoms with van der Waals surface area (Å²) in [5.74, 6) is 0.524. The number of carbonyl (C=O) groups is 1. The molecule has 1 saturated heterocycles. The molecule has 112 valence electrons. The molecule has 0 aromatic rings. The van der Waals surface area contributed by atoms with Gasteiger partial charge < -0.3 is 10.6 Å². The van der Waals surface area contributed by atoms with Crippen LogP contribution >= 0.6 is 0 Å². The van der Waals surface area contributed by atoms with Crippen LogP contribution in [0, 0.1) is 5.92 Å². The molecule has 0 radical (unpaired) electrons. The third kappa shape index (κ3) is 4.77. The van der Waals surface area contributed by atoms with Gasteiger partial charge in [-0.25, -0.2) is 0 Å². The fourth-order valence-electron chi connectivity index (χ4n) is 3.01. The van der Waals surface area contributed by atoms with Crippen LogP contribution in [0.25, 0.3) is 0 Å². The van der Waals surface area contributed by atoms with E-state index < -0.39 is 0 Å². The fraction of sp³-hybridized carbons (Fsp3) is 0.933. The summed E-state index contributed by atoms with van der Waals surface area (Å²) in [6.45, 7) is 10.9. The van der Waals surface area contributed by atoms with Crippen molar-refractivity contribution >= 4 is 5.91 Å². The highest BCUT2D eigenvalue weighted by molar-refractivity contribution is 5.78. The minimum Gasteiger partial charge on any atom is -0.340 e. The zero-order valence-corrected chi connectivity index (χ0v) is 12.9. The van der Waals surface area contributed by atoms with E-state index in [-0.39, 0.29) is 5.92 Å². The van der Waals surface area contributed by atoms with E-state index >= 15 is 0 Å². The van der Waals surface area contributed by atoms with Gasteiger partial charge in [0, 0.05) is 38.1 Å². The van der Waals surface area contributed by atoms with Crippen LogP contribution in [0.5, 0.6) is 0 Å². The lowest BCUT2D eigenvalue weighted by Gasteiger charge is -2.39. The number of nitrogens with two attached hydrogens (primary N) is 1. The lowest BCUT2D eigenvalue weighted by atomic mass is 10.0. The van der Waals surface area contributed by atoms with Gasteiger partial charge in [0.1, 0.15) is 0 Å². The molecule has 4 nitrogen and oxygen atoms in total. The molecule has 0 bridgehead atoms. The smallest absolute Gasteiger partial charge is 0.225 e. The Morgan fingerprint density at radius 2 is 1.79 bits per heavy atom. The quantitative estimate of drug-likeness (QED) is 0.765. The molecule has 1 aliphatic heterocycles. The van der Waals surface area contributed by atoms with E-state index in [0.717, 1.165) is 58.4 Å². The van der Waals surface area contributed by atoms with Crippen LogP contribution in [-0.2, 0) is 4.79 Å². The Morgan fingerprint density at radius 1 is 1.16 bits per heavy atom. The van der Waals surface area contributed by atoms with Crippen LogP contribution in [0.15, 0.2) is 0 Å². The SMILES string of the molecule is CCCC(C)C(=O)N1CCN(C(CC)CCN)CC1. The Balaban J connectivity index is 2.41. The van der Waals surface area contributed by atoms with Gasteiger partial charge in [-0.05, 0) is 25.8 Å². The van der Waals surface area contributed by atoms with Crippen LogP contribution in [0.3, 0.4) is 0 Å². The molecule has 1 amide bonds. The third-order valence-corrected chi connectivity index (χ3v) is 4.26. The summed E-state index contributed by atoms with van der Waals surface area (Å²) in [4.78, 5) is 16.8. The molecule has 2 N–H and O–H groups in total. The highest BCUT2D eigenvalue weighted by Gasteiger charge is 2.26. The Kier molecular flexibility index (Phi) is 7.39. The minimum absolute atomic E-state index is 0.183. The zero-order valence-electron chi connectivity index (χ0n) is 12.9. The summed E-state index contributed by atoms with van der Waals surface area (Å²) in [6.07, 6.45) is 4.30. The molecular formula is C15H31N3O. The molecule has 2 unspecified atom stereocenters. The van der Waals surface area contributed by atoms with Crippen molar-refractivity contribution in [1.82, 2.24) is 9.80 Å². The maximum Gasteiger partial charge on any atom is 0.225 e. The number of nitrogens with zero attached hydrogens (tertiary/aromatic N) is 2. The molecule has 0 spiro atoms. The van der Waals surface area contributed by atoms with Crippen molar-refractivity contribution in [3.8, 4) is 0 Å². The summed E-state index contributed by atoms with van der Waals surface area (Å²) >= 11 is 0. The molecule has 1 heterocycles. The first kappa shape index (κ1) is 16.4. The number of rotatable bonds is 7. The van der Waals surface area contributed by atoms with Crippen LogP contribution < -0.4 is 5.73 Å². The van der Waals surface area contributed by atoms with Crippen molar-refractivity contribution in [3.63, 3.8) is 0 Å². The average molecular weight is 269 g/mol. The molecule has 4 heteroatoms. The predicted octanol–water partition coefficient (Wildman–Crippen LogP) is 1.69. The topological polar surface area (TPSA) is 49.6 Å². The zero-order chi connectivity index (χ0) is 14.3. The van der Waals surface area contributed by atoms with Crippen molar-refractivity contribution in [2.24, 2.45) is 11.7 Å². The molecule has 0 aromatic heterocycles. The van der Waals surface area contributed by atoms with Crippen molar-refractivity contribution in [2.45, 2.75) is 52.5 Å². The monoisotopic (exact) mass is 269 g/mol. The highest BCUT2D eigenvalue weighted by Crippen LogP contribution is 2.15. The van der Waals surface area contributed by atoms with Crippen LogP contribution in [-0.4, -0.2) is 54.5 Å². The number of carbonyl (C=O) groups excluding carboxylic acids is 1. The van der Waals surface area contributed by atoms with E-state index in [9.17, 15) is 4.79 Å². The Hall–Kier alpha value is -0.610. The second kappa shape index (κ2) is 8.54. The van der Waals surface area contributed by atoms with E-state index in [1.54, 1.807) is 0 Å². The van der Waals surface area contributed by atoms with Crippen molar-refractivity contribution in [2.75, 3.05) is 32.7 Å². The first-order valence-electron chi connectivity index (χ1n) is 7.86. The lowest BCUT2D eigenvalue weighted by molar-refractivity contribution is -0.137. The van der Waals surface area contributed by atoms with Gasteiger partial charge in [-0.1, -0.05) is 27.2 Å². The van der Waals surface area contributed by atoms with Gasteiger partial charge in [0.25, 0.3) is 0 Å². The summed E-state index contributed by atoms with van der Waals surface area (Å²) < 4.78 is 0. The number of hydrogen-bond donors (Lipinski definition) is 1. The van der Waals surface area contributed by atoms with Gasteiger partial charge in [-0.15, -0.1) is 0 Å². The van der Waals surface area contributed by atoms with Crippen LogP contribution in [0.1, 0.15) is 46.5 Å². The molecule has 0 saturated carbocycles. The van der Waals surface area contributed by atoms with Gasteiger partial charge in [0.05, 0.1) is 0 Å². The molecule has 1 rings (SSSR count). The maximum atomic E-state index is 12.2. The largest absolute Gasteiger partial charge is 0.340 e. The van der Waals surface area contributed by atoms with E-state index in [2.05, 4.69) is 25.7 Å². The second-order valence-electron chi connectivity index (χ2n) is 5.69. The first-order chi connectivity index (χ1) is 9.13. The molecule has 0 aromatic carbocycles. The molecule has 1 aliphatic rings. The predicted molar refractivity (Wildman–Crippen MR) is 80.0 cm³/mol. The minimum atomic E-state index is 0.183. The van der Waals surface area contributed by atoms with Crippen molar-refractivity contribution < 1.29 is 4.79 Å². The molecule has 1 fully saturated rings. The summed E-state index contributed by atoms with van der Waals surface area (Å²) in [6, 6.07) is 0.593. The van der Waals surface area contributed by atoms with Crippen LogP contribution in [0.4, 0.5) is 0 Å². The molecule has 2 atom stereocenters.